The SMILES string of the molecule is COc1cccc(NS(=O)(=O)c2ccc(Nc3cc4c(-c5ccc6c(cnn6CC(C)(C)O)c5C)nccc4cn3)cc2)n1. The second kappa shape index (κ2) is 11.2. The van der Waals surface area contributed by atoms with Crippen LogP contribution in [0.5, 0.6) is 5.88 Å². The van der Waals surface area contributed by atoms with E-state index in [1.54, 1.807) is 56.6 Å². The van der Waals surface area contributed by atoms with E-state index in [1.807, 2.05) is 42.1 Å². The fourth-order valence-corrected chi connectivity index (χ4v) is 6.04. The molecular weight excluding hydrogens is 578 g/mol. The summed E-state index contributed by atoms with van der Waals surface area (Å²) in [6, 6.07) is 19.1. The van der Waals surface area contributed by atoms with Gasteiger partial charge in [0.2, 0.25) is 5.88 Å². The van der Waals surface area contributed by atoms with Crippen molar-refractivity contribution in [2.75, 3.05) is 17.1 Å². The Morgan fingerprint density at radius 3 is 2.50 bits per heavy atom. The lowest BCUT2D eigenvalue weighted by Crippen LogP contribution is -2.26. The smallest absolute Gasteiger partial charge is 0.263 e. The Labute approximate surface area is 254 Å². The number of nitrogens with zero attached hydrogens (tertiary/aromatic N) is 5. The molecule has 4 aromatic heterocycles. The number of aliphatic hydroxyl groups is 1. The first-order valence-corrected chi connectivity index (χ1v) is 15.3. The summed E-state index contributed by atoms with van der Waals surface area (Å²) in [7, 11) is -2.39. The summed E-state index contributed by atoms with van der Waals surface area (Å²) in [6.07, 6.45) is 5.37. The maximum absolute atomic E-state index is 12.9. The monoisotopic (exact) mass is 609 g/mol. The van der Waals surface area contributed by atoms with Crippen LogP contribution < -0.4 is 14.8 Å². The maximum atomic E-state index is 12.9. The van der Waals surface area contributed by atoms with E-state index in [0.29, 0.717) is 23.9 Å². The van der Waals surface area contributed by atoms with Crippen LogP contribution in [0.15, 0.2) is 90.2 Å². The van der Waals surface area contributed by atoms with Crippen LogP contribution in [0.4, 0.5) is 17.3 Å². The van der Waals surface area contributed by atoms with Gasteiger partial charge in [0, 0.05) is 45.9 Å². The molecule has 0 spiro atoms. The molecule has 4 heterocycles. The fourth-order valence-electron chi connectivity index (χ4n) is 5.04. The molecule has 0 aliphatic carbocycles. The van der Waals surface area contributed by atoms with Crippen molar-refractivity contribution in [1.29, 1.82) is 0 Å². The summed E-state index contributed by atoms with van der Waals surface area (Å²) in [4.78, 5) is 13.5. The van der Waals surface area contributed by atoms with Crippen LogP contribution in [0.1, 0.15) is 19.4 Å². The summed E-state index contributed by atoms with van der Waals surface area (Å²) in [6.45, 7) is 5.95. The first kappa shape index (κ1) is 29.0. The van der Waals surface area contributed by atoms with Crippen molar-refractivity contribution < 1.29 is 18.3 Å². The number of anilines is 3. The molecule has 0 fully saturated rings. The van der Waals surface area contributed by atoms with E-state index in [-0.39, 0.29) is 10.7 Å². The number of pyridine rings is 3. The minimum absolute atomic E-state index is 0.0855. The molecule has 0 saturated carbocycles. The van der Waals surface area contributed by atoms with E-state index in [2.05, 4.69) is 25.1 Å². The first-order chi connectivity index (χ1) is 21.0. The number of ether oxygens (including phenoxy) is 1. The molecule has 0 aliphatic rings. The molecule has 0 radical (unpaired) electrons. The number of methoxy groups -OCH3 is 1. The Kier molecular flexibility index (Phi) is 7.39. The molecule has 2 aromatic carbocycles. The standard InChI is InChI=1S/C32H31N7O4S/c1-20-24(12-13-27-26(20)18-35-39(27)19-32(2,3)40)31-25-16-29(34-17-21(25)14-15-33-31)36-22-8-10-23(11-9-22)44(41,42)38-28-6-5-7-30(37-28)43-4/h5-18,40H,19H2,1-4H3,(H,34,36)(H,37,38). The highest BCUT2D eigenvalue weighted by Gasteiger charge is 2.19. The second-order valence-electron chi connectivity index (χ2n) is 11.1. The van der Waals surface area contributed by atoms with Gasteiger partial charge in [-0.15, -0.1) is 0 Å². The quantitative estimate of drug-likeness (QED) is 0.189. The number of benzene rings is 2. The number of aryl methyl sites for hydroxylation is 1. The molecule has 0 amide bonds. The van der Waals surface area contributed by atoms with Gasteiger partial charge in [-0.2, -0.15) is 10.1 Å². The lowest BCUT2D eigenvalue weighted by Gasteiger charge is -2.18. The number of rotatable bonds is 9. The van der Waals surface area contributed by atoms with Crippen molar-refractivity contribution in [1.82, 2.24) is 24.7 Å². The second-order valence-corrected chi connectivity index (χ2v) is 12.7. The predicted molar refractivity (Wildman–Crippen MR) is 171 cm³/mol. The van der Waals surface area contributed by atoms with Gasteiger partial charge in [-0.3, -0.25) is 14.4 Å². The minimum Gasteiger partial charge on any atom is -0.481 e. The zero-order valence-corrected chi connectivity index (χ0v) is 25.4. The van der Waals surface area contributed by atoms with Crippen molar-refractivity contribution >= 4 is 49.0 Å². The lowest BCUT2D eigenvalue weighted by atomic mass is 9.98. The third kappa shape index (κ3) is 5.90. The van der Waals surface area contributed by atoms with Crippen LogP contribution in [0.3, 0.4) is 0 Å². The number of sulfonamides is 1. The average Bonchev–Trinajstić information content (AvgIpc) is 3.39. The lowest BCUT2D eigenvalue weighted by molar-refractivity contribution is 0.0591. The molecular formula is C32H31N7O4S. The molecule has 11 nitrogen and oxygen atoms in total. The third-order valence-electron chi connectivity index (χ3n) is 7.14. The molecule has 6 rings (SSSR count). The summed E-state index contributed by atoms with van der Waals surface area (Å²) in [5.74, 6) is 1.05. The topological polar surface area (TPSA) is 144 Å². The highest BCUT2D eigenvalue weighted by Crippen LogP contribution is 2.34. The Morgan fingerprint density at radius 1 is 0.955 bits per heavy atom. The number of aromatic nitrogens is 5. The molecule has 6 aromatic rings. The normalized spacial score (nSPS) is 12.0. The molecule has 0 unspecified atom stereocenters. The Bertz CT molecular complexity index is 2100. The first-order valence-electron chi connectivity index (χ1n) is 13.8. The maximum Gasteiger partial charge on any atom is 0.263 e. The van der Waals surface area contributed by atoms with Crippen molar-refractivity contribution in [3.63, 3.8) is 0 Å². The van der Waals surface area contributed by atoms with Gasteiger partial charge in [0.15, 0.2) is 0 Å². The van der Waals surface area contributed by atoms with Crippen LogP contribution in [-0.4, -0.2) is 51.0 Å². The summed E-state index contributed by atoms with van der Waals surface area (Å²) in [5, 5.41) is 20.9. The van der Waals surface area contributed by atoms with Crippen LogP contribution in [0.25, 0.3) is 32.9 Å². The summed E-state index contributed by atoms with van der Waals surface area (Å²) >= 11 is 0. The third-order valence-corrected chi connectivity index (χ3v) is 8.51. The van der Waals surface area contributed by atoms with Gasteiger partial charge in [0.1, 0.15) is 11.6 Å². The molecule has 3 N–H and O–H groups in total. The molecule has 0 atom stereocenters. The zero-order chi connectivity index (χ0) is 31.1. The summed E-state index contributed by atoms with van der Waals surface area (Å²) in [5.41, 5.74) is 3.52. The zero-order valence-electron chi connectivity index (χ0n) is 24.6. The van der Waals surface area contributed by atoms with Crippen molar-refractivity contribution in [3.05, 3.63) is 90.9 Å². The fraction of sp³-hybridized carbons (Fsp3) is 0.188. The van der Waals surface area contributed by atoms with Crippen molar-refractivity contribution in [2.24, 2.45) is 0 Å². The molecule has 0 saturated heterocycles. The van der Waals surface area contributed by atoms with Gasteiger partial charge in [-0.1, -0.05) is 12.1 Å². The molecule has 12 heteroatoms. The average molecular weight is 610 g/mol. The molecule has 44 heavy (non-hydrogen) atoms. The van der Waals surface area contributed by atoms with E-state index >= 15 is 0 Å². The van der Waals surface area contributed by atoms with Gasteiger partial charge in [-0.05, 0) is 74.9 Å². The largest absolute Gasteiger partial charge is 0.481 e. The number of fused-ring (bicyclic) bond motifs is 2. The Morgan fingerprint density at radius 2 is 1.75 bits per heavy atom. The van der Waals surface area contributed by atoms with E-state index in [4.69, 9.17) is 9.72 Å². The highest BCUT2D eigenvalue weighted by atomic mass is 32.2. The van der Waals surface area contributed by atoms with E-state index in [1.165, 1.54) is 19.2 Å². The molecule has 0 bridgehead atoms. The van der Waals surface area contributed by atoms with Gasteiger partial charge in [-0.25, -0.2) is 13.4 Å². The van der Waals surface area contributed by atoms with E-state index in [0.717, 1.165) is 38.5 Å². The number of hydrogen-bond acceptors (Lipinski definition) is 9. The van der Waals surface area contributed by atoms with Gasteiger partial charge in [0.05, 0.1) is 41.6 Å². The minimum atomic E-state index is -3.86. The summed E-state index contributed by atoms with van der Waals surface area (Å²) < 4.78 is 35.2. The van der Waals surface area contributed by atoms with Crippen LogP contribution in [-0.2, 0) is 16.6 Å². The Hall–Kier alpha value is -5.07. The van der Waals surface area contributed by atoms with Crippen molar-refractivity contribution in [2.45, 2.75) is 37.8 Å². The predicted octanol–water partition coefficient (Wildman–Crippen LogP) is 5.67. The number of hydrogen-bond donors (Lipinski definition) is 3. The van der Waals surface area contributed by atoms with Crippen LogP contribution >= 0.6 is 0 Å². The van der Waals surface area contributed by atoms with E-state index < -0.39 is 15.6 Å². The van der Waals surface area contributed by atoms with Crippen molar-refractivity contribution in [3.8, 4) is 17.1 Å². The molecule has 224 valence electrons. The van der Waals surface area contributed by atoms with Gasteiger partial charge in [0.25, 0.3) is 10.0 Å². The highest BCUT2D eigenvalue weighted by molar-refractivity contribution is 7.92. The van der Waals surface area contributed by atoms with Crippen LogP contribution in [0, 0.1) is 6.92 Å². The van der Waals surface area contributed by atoms with Gasteiger partial charge < -0.3 is 15.2 Å². The van der Waals surface area contributed by atoms with E-state index in [9.17, 15) is 13.5 Å². The number of nitrogens with one attached hydrogen (secondary N) is 2. The Balaban J connectivity index is 1.27. The van der Waals surface area contributed by atoms with Crippen LogP contribution in [0.2, 0.25) is 0 Å². The van der Waals surface area contributed by atoms with Gasteiger partial charge >= 0.3 is 0 Å². The molecule has 0 aliphatic heterocycles.